The Bertz CT molecular complexity index is 1140. The third-order valence-electron chi connectivity index (χ3n) is 6.68. The largest absolute Gasteiger partial charge is 0.464 e. The van der Waals surface area contributed by atoms with E-state index in [1.165, 1.54) is 24.1 Å². The van der Waals surface area contributed by atoms with Crippen molar-refractivity contribution >= 4 is 17.3 Å². The molecule has 3 aliphatic rings. The van der Waals surface area contributed by atoms with E-state index >= 15 is 0 Å². The van der Waals surface area contributed by atoms with Crippen molar-refractivity contribution in [1.29, 1.82) is 0 Å². The standard InChI is InChI=1S/C24H30N8O2.H2/c1-2-34-24-25-6-5-22(28-24)32-16-26-23(29-32)27-19-11-18(17-3-4-17)12-20(13-19)30-7-9-31(10-8-30)21-14-33-15-21;/h5-6,11-13,16-17,21H,2-4,7-10,14-15H2,1H3,(H,27,29);1H. The third kappa shape index (κ3) is 4.55. The van der Waals surface area contributed by atoms with E-state index in [0.29, 0.717) is 36.3 Å². The van der Waals surface area contributed by atoms with Crippen LogP contribution < -0.4 is 15.0 Å². The van der Waals surface area contributed by atoms with Gasteiger partial charge in [0.2, 0.25) is 5.95 Å². The average molecular weight is 465 g/mol. The average Bonchev–Trinajstić information content (AvgIpc) is 3.58. The van der Waals surface area contributed by atoms with Crippen molar-refractivity contribution in [2.45, 2.75) is 31.7 Å². The Balaban J connectivity index is 0.00000253. The minimum atomic E-state index is 0. The molecule has 1 aromatic carbocycles. The number of hydrogen-bond donors (Lipinski definition) is 1. The van der Waals surface area contributed by atoms with Gasteiger partial charge in [0.25, 0.3) is 0 Å². The van der Waals surface area contributed by atoms with Gasteiger partial charge >= 0.3 is 6.01 Å². The van der Waals surface area contributed by atoms with Crippen LogP contribution in [0.3, 0.4) is 0 Å². The maximum atomic E-state index is 5.40. The normalized spacial score (nSPS) is 19.1. The molecule has 2 saturated heterocycles. The Morgan fingerprint density at radius 1 is 1.12 bits per heavy atom. The lowest BCUT2D eigenvalue weighted by molar-refractivity contribution is -0.0660. The molecule has 3 aromatic rings. The summed E-state index contributed by atoms with van der Waals surface area (Å²) in [4.78, 5) is 18.0. The van der Waals surface area contributed by atoms with E-state index in [-0.39, 0.29) is 1.43 Å². The van der Waals surface area contributed by atoms with Crippen molar-refractivity contribution in [3.8, 4) is 11.8 Å². The van der Waals surface area contributed by atoms with Gasteiger partial charge < -0.3 is 19.7 Å². The molecule has 0 unspecified atom stereocenters. The summed E-state index contributed by atoms with van der Waals surface area (Å²) >= 11 is 0. The highest BCUT2D eigenvalue weighted by atomic mass is 16.5. The van der Waals surface area contributed by atoms with Gasteiger partial charge in [0.15, 0.2) is 5.82 Å². The molecular formula is C24H32N8O2. The van der Waals surface area contributed by atoms with Crippen LogP contribution in [0, 0.1) is 0 Å². The SMILES string of the molecule is CCOc1nccc(-n2cnc(Nc3cc(C4CC4)cc(N4CCN(C5COC5)CC4)c3)n2)n1.[HH]. The number of anilines is 3. The van der Waals surface area contributed by atoms with Gasteiger partial charge in [0.05, 0.1) is 25.9 Å². The number of aromatic nitrogens is 5. The molecule has 0 spiro atoms. The Labute approximate surface area is 200 Å². The predicted octanol–water partition coefficient (Wildman–Crippen LogP) is 2.84. The second kappa shape index (κ2) is 9.19. The molecule has 0 atom stereocenters. The number of nitrogens with zero attached hydrogens (tertiary/aromatic N) is 7. The van der Waals surface area contributed by atoms with Crippen LogP contribution >= 0.6 is 0 Å². The minimum absolute atomic E-state index is 0. The monoisotopic (exact) mass is 464 g/mol. The second-order valence-electron chi connectivity index (χ2n) is 9.07. The molecule has 2 aromatic heterocycles. The number of rotatable bonds is 8. The first-order valence-corrected chi connectivity index (χ1v) is 12.1. The summed E-state index contributed by atoms with van der Waals surface area (Å²) in [5, 5.41) is 7.98. The molecular weight excluding hydrogens is 432 g/mol. The molecule has 10 heteroatoms. The zero-order chi connectivity index (χ0) is 22.9. The molecule has 180 valence electrons. The van der Waals surface area contributed by atoms with Crippen molar-refractivity contribution in [3.05, 3.63) is 42.4 Å². The van der Waals surface area contributed by atoms with Crippen LogP contribution in [0.15, 0.2) is 36.8 Å². The van der Waals surface area contributed by atoms with Crippen LogP contribution in [-0.2, 0) is 4.74 Å². The quantitative estimate of drug-likeness (QED) is 0.540. The minimum Gasteiger partial charge on any atom is -0.464 e. The Morgan fingerprint density at radius 2 is 1.97 bits per heavy atom. The summed E-state index contributed by atoms with van der Waals surface area (Å²) in [5.74, 6) is 1.81. The van der Waals surface area contributed by atoms with E-state index in [1.54, 1.807) is 23.3 Å². The summed E-state index contributed by atoms with van der Waals surface area (Å²) in [6, 6.07) is 9.54. The van der Waals surface area contributed by atoms with Gasteiger partial charge in [0, 0.05) is 51.2 Å². The van der Waals surface area contributed by atoms with Crippen LogP contribution in [0.1, 0.15) is 32.7 Å². The van der Waals surface area contributed by atoms with Gasteiger partial charge in [0.1, 0.15) is 6.33 Å². The first-order chi connectivity index (χ1) is 16.7. The van der Waals surface area contributed by atoms with Gasteiger partial charge in [-0.25, -0.2) is 9.67 Å². The van der Waals surface area contributed by atoms with Crippen LogP contribution in [0.5, 0.6) is 6.01 Å². The Hall–Kier alpha value is -3.24. The zero-order valence-corrected chi connectivity index (χ0v) is 19.4. The van der Waals surface area contributed by atoms with Crippen molar-refractivity contribution in [2.75, 3.05) is 56.2 Å². The molecule has 0 bridgehead atoms. The lowest BCUT2D eigenvalue weighted by Gasteiger charge is -2.43. The van der Waals surface area contributed by atoms with E-state index < -0.39 is 0 Å². The highest BCUT2D eigenvalue weighted by molar-refractivity contribution is 5.65. The highest BCUT2D eigenvalue weighted by Crippen LogP contribution is 2.42. The van der Waals surface area contributed by atoms with Crippen molar-refractivity contribution in [3.63, 3.8) is 0 Å². The maximum Gasteiger partial charge on any atom is 0.318 e. The van der Waals surface area contributed by atoms with E-state index in [0.717, 1.165) is 45.1 Å². The fourth-order valence-electron chi connectivity index (χ4n) is 4.54. The molecule has 6 rings (SSSR count). The Kier molecular flexibility index (Phi) is 5.76. The molecule has 3 fully saturated rings. The van der Waals surface area contributed by atoms with Gasteiger partial charge in [-0.05, 0) is 49.4 Å². The van der Waals surface area contributed by atoms with Gasteiger partial charge in [-0.1, -0.05) is 0 Å². The van der Waals surface area contributed by atoms with Gasteiger partial charge in [-0.3, -0.25) is 4.90 Å². The summed E-state index contributed by atoms with van der Waals surface area (Å²) in [6.07, 6.45) is 5.84. The molecule has 1 saturated carbocycles. The highest BCUT2D eigenvalue weighted by Gasteiger charge is 2.30. The molecule has 34 heavy (non-hydrogen) atoms. The molecule has 0 amide bonds. The summed E-state index contributed by atoms with van der Waals surface area (Å²) in [5.41, 5.74) is 3.68. The smallest absolute Gasteiger partial charge is 0.318 e. The molecule has 1 N–H and O–H groups in total. The second-order valence-corrected chi connectivity index (χ2v) is 9.07. The molecule has 4 heterocycles. The molecule has 0 radical (unpaired) electrons. The predicted molar refractivity (Wildman–Crippen MR) is 130 cm³/mol. The van der Waals surface area contributed by atoms with Crippen molar-refractivity contribution in [2.24, 2.45) is 0 Å². The summed E-state index contributed by atoms with van der Waals surface area (Å²) in [6.45, 7) is 8.41. The van der Waals surface area contributed by atoms with Crippen LogP contribution in [0.4, 0.5) is 17.3 Å². The first-order valence-electron chi connectivity index (χ1n) is 12.1. The van der Waals surface area contributed by atoms with E-state index in [1.807, 2.05) is 6.92 Å². The van der Waals surface area contributed by atoms with E-state index in [2.05, 4.69) is 53.4 Å². The van der Waals surface area contributed by atoms with Crippen LogP contribution in [0.2, 0.25) is 0 Å². The van der Waals surface area contributed by atoms with Crippen LogP contribution in [-0.4, -0.2) is 81.7 Å². The molecule has 2 aliphatic heterocycles. The fraction of sp³-hybridized carbons (Fsp3) is 0.500. The Morgan fingerprint density at radius 3 is 2.71 bits per heavy atom. The third-order valence-corrected chi connectivity index (χ3v) is 6.68. The fourth-order valence-corrected chi connectivity index (χ4v) is 4.54. The summed E-state index contributed by atoms with van der Waals surface area (Å²) < 4.78 is 12.4. The lowest BCUT2D eigenvalue weighted by Crippen LogP contribution is -2.56. The van der Waals surface area contributed by atoms with Gasteiger partial charge in [-0.15, -0.1) is 5.10 Å². The van der Waals surface area contributed by atoms with E-state index in [4.69, 9.17) is 9.47 Å². The van der Waals surface area contributed by atoms with Crippen molar-refractivity contribution < 1.29 is 10.9 Å². The van der Waals surface area contributed by atoms with E-state index in [9.17, 15) is 0 Å². The van der Waals surface area contributed by atoms with Gasteiger partial charge in [-0.2, -0.15) is 9.97 Å². The maximum absolute atomic E-state index is 5.40. The van der Waals surface area contributed by atoms with Crippen molar-refractivity contribution in [1.82, 2.24) is 29.6 Å². The zero-order valence-electron chi connectivity index (χ0n) is 19.4. The first kappa shape index (κ1) is 21.3. The number of ether oxygens (including phenoxy) is 2. The lowest BCUT2D eigenvalue weighted by atomic mass is 10.1. The topological polar surface area (TPSA) is 93.5 Å². The van der Waals surface area contributed by atoms with Crippen LogP contribution in [0.25, 0.3) is 5.82 Å². The number of nitrogens with one attached hydrogen (secondary N) is 1. The number of hydrogen-bond acceptors (Lipinski definition) is 9. The number of piperazine rings is 1. The number of benzene rings is 1. The summed E-state index contributed by atoms with van der Waals surface area (Å²) in [7, 11) is 0. The molecule has 10 nitrogen and oxygen atoms in total. The molecule has 1 aliphatic carbocycles.